The van der Waals surface area contributed by atoms with Gasteiger partial charge in [0.15, 0.2) is 0 Å². The van der Waals surface area contributed by atoms with Gasteiger partial charge in [-0.25, -0.2) is 0 Å². The number of halogens is 2. The van der Waals surface area contributed by atoms with Crippen molar-refractivity contribution >= 4 is 52.0 Å². The summed E-state index contributed by atoms with van der Waals surface area (Å²) in [5.41, 5.74) is 4.03. The zero-order valence-electron chi connectivity index (χ0n) is 22.1. The van der Waals surface area contributed by atoms with Crippen LogP contribution in [0, 0.1) is 0 Å². The molecule has 1 N–H and O–H groups in total. The van der Waals surface area contributed by atoms with Crippen molar-refractivity contribution in [3.05, 3.63) is 112 Å². The second-order valence-corrected chi connectivity index (χ2v) is 10.3. The summed E-state index contributed by atoms with van der Waals surface area (Å²) >= 11 is 12.4. The summed E-state index contributed by atoms with van der Waals surface area (Å²) in [6.45, 7) is 3.46. The van der Waals surface area contributed by atoms with Crippen LogP contribution in [0.25, 0.3) is 17.0 Å². The number of para-hydroxylation sites is 1. The number of fused-ring (bicyclic) bond motifs is 1. The molecular formula is C32H33Cl2N3O2. The number of hydrogen-bond acceptors (Lipinski definition) is 2. The highest BCUT2D eigenvalue weighted by molar-refractivity contribution is 6.42. The molecule has 0 saturated heterocycles. The van der Waals surface area contributed by atoms with Crippen LogP contribution >= 0.6 is 23.2 Å². The van der Waals surface area contributed by atoms with Gasteiger partial charge in [0, 0.05) is 42.8 Å². The Bertz CT molecular complexity index is 1430. The Morgan fingerprint density at radius 2 is 1.67 bits per heavy atom. The van der Waals surface area contributed by atoms with Crippen LogP contribution in [-0.4, -0.2) is 46.2 Å². The van der Waals surface area contributed by atoms with Gasteiger partial charge in [0.2, 0.25) is 11.8 Å². The molecule has 4 rings (SSSR count). The minimum atomic E-state index is -0.174. The molecule has 1 heterocycles. The maximum atomic E-state index is 13.7. The molecule has 0 atom stereocenters. The van der Waals surface area contributed by atoms with Crippen molar-refractivity contribution in [3.63, 3.8) is 0 Å². The van der Waals surface area contributed by atoms with E-state index < -0.39 is 0 Å². The van der Waals surface area contributed by atoms with Gasteiger partial charge in [0.05, 0.1) is 10.0 Å². The average molecular weight is 563 g/mol. The first-order valence-electron chi connectivity index (χ1n) is 13.2. The van der Waals surface area contributed by atoms with Gasteiger partial charge >= 0.3 is 0 Å². The molecule has 0 spiro atoms. The summed E-state index contributed by atoms with van der Waals surface area (Å²) in [4.78, 5) is 33.6. The number of aromatic nitrogens is 1. The van der Waals surface area contributed by atoms with E-state index >= 15 is 0 Å². The van der Waals surface area contributed by atoms with E-state index in [1.165, 1.54) is 0 Å². The van der Waals surface area contributed by atoms with Crippen LogP contribution in [0.2, 0.25) is 10.0 Å². The van der Waals surface area contributed by atoms with Crippen LogP contribution in [-0.2, 0) is 22.6 Å². The van der Waals surface area contributed by atoms with E-state index in [1.807, 2.05) is 60.8 Å². The number of amides is 2. The fraction of sp³-hybridized carbons (Fsp3) is 0.250. The zero-order chi connectivity index (χ0) is 27.6. The summed E-state index contributed by atoms with van der Waals surface area (Å²) in [6.07, 6.45) is 7.75. The lowest BCUT2D eigenvalue weighted by Crippen LogP contribution is -2.43. The second kappa shape index (κ2) is 14.0. The molecule has 4 aromatic rings. The number of carbonyl (C=O) groups excluding carboxylic acids is 2. The third kappa shape index (κ3) is 7.98. The van der Waals surface area contributed by atoms with Crippen molar-refractivity contribution in [1.82, 2.24) is 14.8 Å². The maximum absolute atomic E-state index is 13.7. The highest BCUT2D eigenvalue weighted by Gasteiger charge is 2.21. The van der Waals surface area contributed by atoms with E-state index in [0.29, 0.717) is 36.1 Å². The first-order valence-corrected chi connectivity index (χ1v) is 14.0. The molecule has 3 aromatic carbocycles. The fourth-order valence-electron chi connectivity index (χ4n) is 4.46. The van der Waals surface area contributed by atoms with Gasteiger partial charge in [0.25, 0.3) is 0 Å². The van der Waals surface area contributed by atoms with Gasteiger partial charge in [-0.05, 0) is 53.8 Å². The van der Waals surface area contributed by atoms with E-state index in [9.17, 15) is 9.59 Å². The van der Waals surface area contributed by atoms with E-state index in [0.717, 1.165) is 40.4 Å². The molecule has 1 aromatic heterocycles. The van der Waals surface area contributed by atoms with Gasteiger partial charge in [-0.15, -0.1) is 0 Å². The quantitative estimate of drug-likeness (QED) is 0.183. The van der Waals surface area contributed by atoms with Crippen molar-refractivity contribution in [3.8, 4) is 0 Å². The van der Waals surface area contributed by atoms with Crippen molar-refractivity contribution in [2.75, 3.05) is 19.6 Å². The number of unbranched alkanes of at least 4 members (excludes halogenated alkanes) is 1. The number of benzene rings is 3. The molecule has 0 aliphatic heterocycles. The number of nitrogens with zero attached hydrogens (tertiary/aromatic N) is 2. The lowest BCUT2D eigenvalue weighted by molar-refractivity contribution is -0.138. The summed E-state index contributed by atoms with van der Waals surface area (Å²) in [5.74, 6) is -0.287. The molecule has 0 bridgehead atoms. The average Bonchev–Trinajstić information content (AvgIpc) is 3.37. The van der Waals surface area contributed by atoms with Crippen molar-refractivity contribution in [1.29, 1.82) is 0 Å². The molecule has 0 aliphatic rings. The molecule has 0 unspecified atom stereocenters. The molecule has 39 heavy (non-hydrogen) atoms. The molecule has 2 amide bonds. The molecule has 5 nitrogen and oxygen atoms in total. The van der Waals surface area contributed by atoms with Gasteiger partial charge in [-0.3, -0.25) is 9.59 Å². The van der Waals surface area contributed by atoms with E-state index in [1.54, 1.807) is 34.1 Å². The van der Waals surface area contributed by atoms with Crippen LogP contribution in [0.5, 0.6) is 0 Å². The van der Waals surface area contributed by atoms with Crippen LogP contribution < -0.4 is 0 Å². The monoisotopic (exact) mass is 561 g/mol. The van der Waals surface area contributed by atoms with Crippen molar-refractivity contribution < 1.29 is 9.59 Å². The van der Waals surface area contributed by atoms with Gasteiger partial charge in [-0.1, -0.05) is 91.1 Å². The first kappa shape index (κ1) is 28.5. The van der Waals surface area contributed by atoms with Crippen molar-refractivity contribution in [2.24, 2.45) is 0 Å². The maximum Gasteiger partial charge on any atom is 0.247 e. The number of H-pyrrole nitrogens is 1. The Labute approximate surface area is 240 Å². The van der Waals surface area contributed by atoms with E-state index in [4.69, 9.17) is 23.2 Å². The molecule has 202 valence electrons. The fourth-order valence-corrected chi connectivity index (χ4v) is 4.78. The predicted octanol–water partition coefficient (Wildman–Crippen LogP) is 7.39. The second-order valence-electron chi connectivity index (χ2n) is 9.53. The van der Waals surface area contributed by atoms with Crippen LogP contribution in [0.15, 0.2) is 85.1 Å². The summed E-state index contributed by atoms with van der Waals surface area (Å²) in [7, 11) is 0. The number of aromatic amines is 1. The largest absolute Gasteiger partial charge is 0.361 e. The van der Waals surface area contributed by atoms with Gasteiger partial charge < -0.3 is 14.8 Å². The topological polar surface area (TPSA) is 56.4 Å². The van der Waals surface area contributed by atoms with Crippen molar-refractivity contribution in [2.45, 2.75) is 32.7 Å². The molecule has 0 radical (unpaired) electrons. The predicted molar refractivity (Wildman–Crippen MR) is 161 cm³/mol. The molecule has 0 saturated carbocycles. The van der Waals surface area contributed by atoms with Gasteiger partial charge in [0.1, 0.15) is 6.54 Å². The van der Waals surface area contributed by atoms with Crippen LogP contribution in [0.4, 0.5) is 0 Å². The minimum absolute atomic E-state index is 0.00711. The van der Waals surface area contributed by atoms with Crippen LogP contribution in [0.3, 0.4) is 0 Å². The zero-order valence-corrected chi connectivity index (χ0v) is 23.6. The number of hydrogen-bond donors (Lipinski definition) is 1. The Hall–Kier alpha value is -3.54. The Morgan fingerprint density at radius 3 is 2.44 bits per heavy atom. The molecular weight excluding hydrogens is 529 g/mol. The van der Waals surface area contributed by atoms with E-state index in [-0.39, 0.29) is 18.4 Å². The Morgan fingerprint density at radius 1 is 0.897 bits per heavy atom. The minimum Gasteiger partial charge on any atom is -0.361 e. The number of nitrogens with one attached hydrogen (secondary N) is 1. The summed E-state index contributed by atoms with van der Waals surface area (Å²) in [6, 6.07) is 23.2. The normalized spacial score (nSPS) is 11.3. The number of carbonyl (C=O) groups is 2. The summed E-state index contributed by atoms with van der Waals surface area (Å²) in [5, 5.41) is 2.06. The first-order chi connectivity index (χ1) is 18.9. The van der Waals surface area contributed by atoms with Crippen LogP contribution in [0.1, 0.15) is 36.5 Å². The highest BCUT2D eigenvalue weighted by atomic mass is 35.5. The standard InChI is InChI=1S/C32H33Cl2N3O2/c1-2-3-18-36(31(38)16-14-24-9-5-4-6-10-24)23-32(39)37(22-25-13-15-28(33)29(34)20-25)19-17-26-21-35-30-12-8-7-11-27(26)30/h4-16,20-21,35H,2-3,17-19,22-23H2,1H3/b16-14+. The lowest BCUT2D eigenvalue weighted by atomic mass is 10.1. The SMILES string of the molecule is CCCCN(CC(=O)N(CCc1c[nH]c2ccccc12)Cc1ccc(Cl)c(Cl)c1)C(=O)/C=C/c1ccccc1. The Balaban J connectivity index is 1.52. The van der Waals surface area contributed by atoms with E-state index in [2.05, 4.69) is 18.0 Å². The molecule has 7 heteroatoms. The number of rotatable bonds is 12. The lowest BCUT2D eigenvalue weighted by Gasteiger charge is -2.27. The van der Waals surface area contributed by atoms with Gasteiger partial charge in [-0.2, -0.15) is 0 Å². The molecule has 0 aliphatic carbocycles. The highest BCUT2D eigenvalue weighted by Crippen LogP contribution is 2.24. The summed E-state index contributed by atoms with van der Waals surface area (Å²) < 4.78 is 0. The Kier molecular flexibility index (Phi) is 10.2. The molecule has 0 fully saturated rings. The third-order valence-corrected chi connectivity index (χ3v) is 7.41. The third-order valence-electron chi connectivity index (χ3n) is 6.67. The smallest absolute Gasteiger partial charge is 0.247 e.